The second-order valence-corrected chi connectivity index (χ2v) is 8.95. The average Bonchev–Trinajstić information content (AvgIpc) is 3.11. The minimum absolute atomic E-state index is 0.0851. The molecule has 0 bridgehead atoms. The third-order valence-electron chi connectivity index (χ3n) is 5.14. The van der Waals surface area contributed by atoms with Crippen LogP contribution in [0.2, 0.25) is 0 Å². The van der Waals surface area contributed by atoms with E-state index in [1.807, 2.05) is 81.4 Å². The summed E-state index contributed by atoms with van der Waals surface area (Å²) < 4.78 is 2.06. The van der Waals surface area contributed by atoms with E-state index >= 15 is 0 Å². The molecule has 0 aliphatic rings. The molecule has 1 atom stereocenters. The van der Waals surface area contributed by atoms with Crippen LogP contribution in [0.3, 0.4) is 0 Å². The molecule has 4 rings (SSSR count). The van der Waals surface area contributed by atoms with E-state index in [1.165, 1.54) is 11.8 Å². The van der Waals surface area contributed by atoms with Crippen molar-refractivity contribution in [2.75, 3.05) is 5.32 Å². The number of aromatic nitrogens is 3. The smallest absolute Gasteiger partial charge is 0.242 e. The Balaban J connectivity index is 1.63. The maximum absolute atomic E-state index is 13.4. The van der Waals surface area contributed by atoms with Crippen molar-refractivity contribution in [1.82, 2.24) is 14.8 Å². The molecular weight excluding hydrogens is 416 g/mol. The zero-order chi connectivity index (χ0) is 22.5. The summed E-state index contributed by atoms with van der Waals surface area (Å²) in [6.45, 7) is 6.65. The maximum atomic E-state index is 13.4. The number of benzene rings is 3. The first-order valence-electron chi connectivity index (χ1n) is 10.5. The summed E-state index contributed by atoms with van der Waals surface area (Å²) in [6, 6.07) is 26.1. The molecule has 1 aromatic heterocycles. The third-order valence-corrected chi connectivity index (χ3v) is 6.37. The topological polar surface area (TPSA) is 59.8 Å². The lowest BCUT2D eigenvalue weighted by Crippen LogP contribution is -2.20. The molecule has 1 amide bonds. The Bertz CT molecular complexity index is 1180. The van der Waals surface area contributed by atoms with Crippen LogP contribution >= 0.6 is 11.8 Å². The highest BCUT2D eigenvalue weighted by atomic mass is 32.2. The van der Waals surface area contributed by atoms with E-state index in [0.717, 1.165) is 38.9 Å². The van der Waals surface area contributed by atoms with Crippen LogP contribution in [0.4, 0.5) is 5.69 Å². The van der Waals surface area contributed by atoms with E-state index in [1.54, 1.807) is 0 Å². The van der Waals surface area contributed by atoms with Gasteiger partial charge in [0.2, 0.25) is 5.91 Å². The largest absolute Gasteiger partial charge is 0.325 e. The van der Waals surface area contributed by atoms with Gasteiger partial charge in [-0.25, -0.2) is 0 Å². The highest BCUT2D eigenvalue weighted by Gasteiger charge is 2.25. The Morgan fingerprint density at radius 2 is 1.53 bits per heavy atom. The molecule has 4 aromatic rings. The summed E-state index contributed by atoms with van der Waals surface area (Å²) in [5.74, 6) is 0.732. The molecule has 0 fully saturated rings. The van der Waals surface area contributed by atoms with Gasteiger partial charge in [0.25, 0.3) is 0 Å². The van der Waals surface area contributed by atoms with Crippen LogP contribution in [-0.2, 0) is 11.3 Å². The van der Waals surface area contributed by atoms with Crippen molar-refractivity contribution in [3.8, 4) is 0 Å². The van der Waals surface area contributed by atoms with Crippen LogP contribution in [0.1, 0.15) is 33.3 Å². The van der Waals surface area contributed by atoms with Crippen LogP contribution in [0.15, 0.2) is 84.0 Å². The van der Waals surface area contributed by atoms with Gasteiger partial charge in [-0.15, -0.1) is 10.2 Å². The van der Waals surface area contributed by atoms with Crippen molar-refractivity contribution >= 4 is 23.4 Å². The molecule has 1 heterocycles. The first-order valence-corrected chi connectivity index (χ1v) is 11.4. The van der Waals surface area contributed by atoms with Crippen LogP contribution in [-0.4, -0.2) is 20.7 Å². The number of rotatable bonds is 7. The van der Waals surface area contributed by atoms with E-state index in [9.17, 15) is 4.79 Å². The summed E-state index contributed by atoms with van der Waals surface area (Å²) in [5, 5.41) is 12.0. The summed E-state index contributed by atoms with van der Waals surface area (Å²) in [5.41, 5.74) is 5.11. The molecule has 6 heteroatoms. The van der Waals surface area contributed by atoms with Gasteiger partial charge < -0.3 is 9.88 Å². The summed E-state index contributed by atoms with van der Waals surface area (Å²) in [4.78, 5) is 13.4. The third kappa shape index (κ3) is 5.26. The SMILES string of the molecule is Cc1cc(C)cc(NC(=O)[C@H](Sc2nnc(C)n2Cc2ccccc2)c2ccccc2)c1. The van der Waals surface area contributed by atoms with Gasteiger partial charge >= 0.3 is 0 Å². The van der Waals surface area contributed by atoms with E-state index in [-0.39, 0.29) is 5.91 Å². The van der Waals surface area contributed by atoms with E-state index in [4.69, 9.17) is 0 Å². The zero-order valence-corrected chi connectivity index (χ0v) is 19.3. The van der Waals surface area contributed by atoms with Gasteiger partial charge in [-0.05, 0) is 55.2 Å². The van der Waals surface area contributed by atoms with Crippen molar-refractivity contribution < 1.29 is 4.79 Å². The van der Waals surface area contributed by atoms with Crippen molar-refractivity contribution in [3.63, 3.8) is 0 Å². The Morgan fingerprint density at radius 3 is 2.19 bits per heavy atom. The van der Waals surface area contributed by atoms with Crippen LogP contribution in [0, 0.1) is 20.8 Å². The van der Waals surface area contributed by atoms with E-state index in [0.29, 0.717) is 6.54 Å². The molecule has 0 saturated carbocycles. The standard InChI is InChI=1S/C26H26N4OS/c1-18-14-19(2)16-23(15-18)27-25(31)24(22-12-8-5-9-13-22)32-26-29-28-20(3)30(26)17-21-10-6-4-7-11-21/h4-16,24H,17H2,1-3H3,(H,27,31)/t24-/m1/s1. The number of hydrogen-bond donors (Lipinski definition) is 1. The minimum Gasteiger partial charge on any atom is -0.325 e. The Morgan fingerprint density at radius 1 is 0.906 bits per heavy atom. The molecule has 0 aliphatic carbocycles. The van der Waals surface area contributed by atoms with Gasteiger partial charge in [-0.1, -0.05) is 78.5 Å². The molecule has 1 N–H and O–H groups in total. The van der Waals surface area contributed by atoms with Gasteiger partial charge in [-0.2, -0.15) is 0 Å². The average molecular weight is 443 g/mol. The number of amides is 1. The van der Waals surface area contributed by atoms with E-state index in [2.05, 4.69) is 38.3 Å². The van der Waals surface area contributed by atoms with Gasteiger partial charge in [0, 0.05) is 5.69 Å². The number of carbonyl (C=O) groups excluding carboxylic acids is 1. The van der Waals surface area contributed by atoms with Crippen LogP contribution in [0.25, 0.3) is 0 Å². The summed E-state index contributed by atoms with van der Waals surface area (Å²) >= 11 is 1.42. The number of hydrogen-bond acceptors (Lipinski definition) is 4. The molecule has 5 nitrogen and oxygen atoms in total. The molecule has 0 radical (unpaired) electrons. The van der Waals surface area contributed by atoms with Crippen molar-refractivity contribution in [3.05, 3.63) is 107 Å². The second kappa shape index (κ2) is 9.83. The lowest BCUT2D eigenvalue weighted by Gasteiger charge is -2.18. The summed E-state index contributed by atoms with van der Waals surface area (Å²) in [7, 11) is 0. The fourth-order valence-electron chi connectivity index (χ4n) is 3.66. The normalized spacial score (nSPS) is 11.8. The van der Waals surface area contributed by atoms with Crippen molar-refractivity contribution in [2.24, 2.45) is 0 Å². The lowest BCUT2D eigenvalue weighted by molar-refractivity contribution is -0.115. The molecule has 0 saturated heterocycles. The first-order chi connectivity index (χ1) is 15.5. The molecule has 32 heavy (non-hydrogen) atoms. The van der Waals surface area contributed by atoms with Crippen molar-refractivity contribution in [1.29, 1.82) is 0 Å². The van der Waals surface area contributed by atoms with Crippen LogP contribution in [0.5, 0.6) is 0 Å². The number of nitrogens with zero attached hydrogens (tertiary/aromatic N) is 3. The van der Waals surface area contributed by atoms with Crippen molar-refractivity contribution in [2.45, 2.75) is 37.7 Å². The first kappa shape index (κ1) is 21.8. The fourth-order valence-corrected chi connectivity index (χ4v) is 4.74. The predicted octanol–water partition coefficient (Wildman–Crippen LogP) is 5.72. The minimum atomic E-state index is -0.463. The Hall–Kier alpha value is -3.38. The van der Waals surface area contributed by atoms with Gasteiger partial charge in [-0.3, -0.25) is 4.79 Å². The highest BCUT2D eigenvalue weighted by Crippen LogP contribution is 2.36. The summed E-state index contributed by atoms with van der Waals surface area (Å²) in [6.07, 6.45) is 0. The molecule has 3 aromatic carbocycles. The second-order valence-electron chi connectivity index (χ2n) is 7.88. The molecule has 0 aliphatic heterocycles. The lowest BCUT2D eigenvalue weighted by atomic mass is 10.1. The molecule has 162 valence electrons. The number of anilines is 1. The highest BCUT2D eigenvalue weighted by molar-refractivity contribution is 8.00. The molecular formula is C26H26N4OS. The molecule has 0 unspecified atom stereocenters. The Labute approximate surface area is 192 Å². The Kier molecular flexibility index (Phi) is 6.71. The fraction of sp³-hybridized carbons (Fsp3) is 0.192. The quantitative estimate of drug-likeness (QED) is 0.372. The van der Waals surface area contributed by atoms with E-state index < -0.39 is 5.25 Å². The zero-order valence-electron chi connectivity index (χ0n) is 18.4. The van der Waals surface area contributed by atoms with Gasteiger partial charge in [0.15, 0.2) is 5.16 Å². The predicted molar refractivity (Wildman–Crippen MR) is 130 cm³/mol. The number of thioether (sulfide) groups is 1. The van der Waals surface area contributed by atoms with Gasteiger partial charge in [0.05, 0.1) is 6.54 Å². The monoisotopic (exact) mass is 442 g/mol. The number of aryl methyl sites for hydroxylation is 3. The van der Waals surface area contributed by atoms with Crippen LogP contribution < -0.4 is 5.32 Å². The molecule has 0 spiro atoms. The van der Waals surface area contributed by atoms with Gasteiger partial charge in [0.1, 0.15) is 11.1 Å². The number of nitrogens with one attached hydrogen (secondary N) is 1. The number of carbonyl (C=O) groups is 1. The maximum Gasteiger partial charge on any atom is 0.242 e.